The zero-order chi connectivity index (χ0) is 11.9. The van der Waals surface area contributed by atoms with Crippen LogP contribution in [-0.4, -0.2) is 4.98 Å². The first-order valence-corrected chi connectivity index (χ1v) is 4.66. The smallest absolute Gasteiger partial charge is 0.261 e. The molecule has 15 heavy (non-hydrogen) atoms. The molecule has 0 aliphatic heterocycles. The molecule has 0 saturated carbocycles. The number of nitrogens with zero attached hydrogens (tertiary/aromatic N) is 1. The van der Waals surface area contributed by atoms with Crippen LogP contribution < -0.4 is 0 Å². The highest BCUT2D eigenvalue weighted by atomic mass is 19.4. The van der Waals surface area contributed by atoms with E-state index in [4.69, 9.17) is 0 Å². The van der Waals surface area contributed by atoms with Crippen LogP contribution in [0.3, 0.4) is 0 Å². The van der Waals surface area contributed by atoms with Gasteiger partial charge in [-0.15, -0.1) is 0 Å². The molecule has 1 rings (SSSR count). The number of hydrogen-bond acceptors (Lipinski definition) is 1. The molecule has 1 aromatic rings. The molecule has 0 radical (unpaired) electrons. The summed E-state index contributed by atoms with van der Waals surface area (Å²) in [5, 5.41) is 0. The zero-order valence-electron chi connectivity index (χ0n) is 9.24. The summed E-state index contributed by atoms with van der Waals surface area (Å²) >= 11 is 0. The third-order valence-corrected chi connectivity index (χ3v) is 2.15. The second-order valence-electron chi connectivity index (χ2n) is 4.62. The van der Waals surface area contributed by atoms with Crippen LogP contribution in [0, 0.1) is 6.92 Å². The van der Waals surface area contributed by atoms with E-state index in [2.05, 4.69) is 4.98 Å². The van der Waals surface area contributed by atoms with E-state index in [1.807, 2.05) is 0 Å². The molecular formula is C11H14F3N. The van der Waals surface area contributed by atoms with E-state index in [9.17, 15) is 13.2 Å². The molecule has 1 nitrogen and oxygen atoms in total. The van der Waals surface area contributed by atoms with Gasteiger partial charge in [0, 0.05) is 11.9 Å². The van der Waals surface area contributed by atoms with Crippen LogP contribution in [0.2, 0.25) is 0 Å². The first kappa shape index (κ1) is 12.0. The first-order chi connectivity index (χ1) is 6.62. The minimum Gasteiger partial charge on any atom is -0.261 e. The normalized spacial score (nSPS) is 13.0. The van der Waals surface area contributed by atoms with Crippen molar-refractivity contribution < 1.29 is 13.2 Å². The van der Waals surface area contributed by atoms with Crippen molar-refractivity contribution in [1.82, 2.24) is 4.98 Å². The molecule has 0 saturated heterocycles. The van der Waals surface area contributed by atoms with Crippen molar-refractivity contribution in [2.45, 2.75) is 39.3 Å². The summed E-state index contributed by atoms with van der Waals surface area (Å²) in [6.07, 6.45) is -2.99. The lowest BCUT2D eigenvalue weighted by atomic mass is 9.84. The molecule has 0 N–H and O–H groups in total. The molecule has 1 heterocycles. The maximum atomic E-state index is 12.7. The van der Waals surface area contributed by atoms with Gasteiger partial charge in [0.2, 0.25) is 0 Å². The summed E-state index contributed by atoms with van der Waals surface area (Å²) in [6, 6.07) is 1.10. The van der Waals surface area contributed by atoms with Crippen LogP contribution in [0.1, 0.15) is 37.6 Å². The number of alkyl halides is 3. The number of halogens is 3. The highest BCUT2D eigenvalue weighted by molar-refractivity contribution is 5.34. The Morgan fingerprint density at radius 3 is 2.00 bits per heavy atom. The Bertz CT molecular complexity index is 361. The molecule has 0 spiro atoms. The molecule has 0 aromatic carbocycles. The third kappa shape index (κ3) is 2.70. The van der Waals surface area contributed by atoms with Crippen molar-refractivity contribution >= 4 is 0 Å². The van der Waals surface area contributed by atoms with Crippen LogP contribution >= 0.6 is 0 Å². The SMILES string of the molecule is Cc1cc(C(F)(F)F)c(C(C)(C)C)cn1. The summed E-state index contributed by atoms with van der Waals surface area (Å²) in [5.41, 5.74) is -0.510. The monoisotopic (exact) mass is 217 g/mol. The van der Waals surface area contributed by atoms with Gasteiger partial charge in [-0.05, 0) is 24.0 Å². The summed E-state index contributed by atoms with van der Waals surface area (Å²) in [5.74, 6) is 0. The summed E-state index contributed by atoms with van der Waals surface area (Å²) in [7, 11) is 0. The fraction of sp³-hybridized carbons (Fsp3) is 0.545. The average molecular weight is 217 g/mol. The van der Waals surface area contributed by atoms with E-state index in [1.54, 1.807) is 27.7 Å². The van der Waals surface area contributed by atoms with Crippen molar-refractivity contribution in [3.8, 4) is 0 Å². The minimum atomic E-state index is -4.31. The molecule has 1 aromatic heterocycles. The predicted octanol–water partition coefficient (Wildman–Crippen LogP) is 3.71. The molecule has 0 unspecified atom stereocenters. The number of rotatable bonds is 0. The van der Waals surface area contributed by atoms with Gasteiger partial charge in [-0.3, -0.25) is 4.98 Å². The van der Waals surface area contributed by atoms with Gasteiger partial charge in [-0.1, -0.05) is 20.8 Å². The highest BCUT2D eigenvalue weighted by Gasteiger charge is 2.36. The van der Waals surface area contributed by atoms with E-state index < -0.39 is 17.2 Å². The van der Waals surface area contributed by atoms with Gasteiger partial charge < -0.3 is 0 Å². The summed E-state index contributed by atoms with van der Waals surface area (Å²) < 4.78 is 38.2. The molecule has 0 atom stereocenters. The standard InChI is InChI=1S/C11H14F3N/c1-7-5-8(11(12,13)14)9(6-15-7)10(2,3)4/h5-6H,1-4H3. The van der Waals surface area contributed by atoms with Crippen LogP contribution in [-0.2, 0) is 11.6 Å². The van der Waals surface area contributed by atoms with Crippen molar-refractivity contribution in [2.24, 2.45) is 0 Å². The average Bonchev–Trinajstić information content (AvgIpc) is 2.00. The maximum absolute atomic E-state index is 12.7. The lowest BCUT2D eigenvalue weighted by Crippen LogP contribution is -2.20. The van der Waals surface area contributed by atoms with Crippen LogP contribution in [0.15, 0.2) is 12.3 Å². The number of aromatic nitrogens is 1. The third-order valence-electron chi connectivity index (χ3n) is 2.15. The number of hydrogen-bond donors (Lipinski definition) is 0. The fourth-order valence-corrected chi connectivity index (χ4v) is 1.39. The van der Waals surface area contributed by atoms with Crippen molar-refractivity contribution in [3.05, 3.63) is 29.1 Å². The highest BCUT2D eigenvalue weighted by Crippen LogP contribution is 2.37. The topological polar surface area (TPSA) is 12.9 Å². The summed E-state index contributed by atoms with van der Waals surface area (Å²) in [4.78, 5) is 3.92. The Kier molecular flexibility index (Phi) is 2.81. The maximum Gasteiger partial charge on any atom is 0.416 e. The first-order valence-electron chi connectivity index (χ1n) is 4.66. The van der Waals surface area contributed by atoms with Gasteiger partial charge in [0.1, 0.15) is 0 Å². The number of pyridine rings is 1. The Balaban J connectivity index is 3.41. The Labute approximate surface area is 87.3 Å². The van der Waals surface area contributed by atoms with Crippen molar-refractivity contribution in [2.75, 3.05) is 0 Å². The van der Waals surface area contributed by atoms with Crippen LogP contribution in [0.5, 0.6) is 0 Å². The van der Waals surface area contributed by atoms with E-state index in [1.165, 1.54) is 6.20 Å². The van der Waals surface area contributed by atoms with Crippen LogP contribution in [0.4, 0.5) is 13.2 Å². The summed E-state index contributed by atoms with van der Waals surface area (Å²) in [6.45, 7) is 6.79. The fourth-order valence-electron chi connectivity index (χ4n) is 1.39. The van der Waals surface area contributed by atoms with Gasteiger partial charge in [0.25, 0.3) is 0 Å². The van der Waals surface area contributed by atoms with Gasteiger partial charge in [0.05, 0.1) is 5.56 Å². The van der Waals surface area contributed by atoms with Gasteiger partial charge in [-0.2, -0.15) is 13.2 Å². The van der Waals surface area contributed by atoms with E-state index >= 15 is 0 Å². The van der Waals surface area contributed by atoms with E-state index in [-0.39, 0.29) is 5.56 Å². The zero-order valence-corrected chi connectivity index (χ0v) is 9.24. The predicted molar refractivity (Wildman–Crippen MR) is 52.7 cm³/mol. The van der Waals surface area contributed by atoms with Crippen LogP contribution in [0.25, 0.3) is 0 Å². The van der Waals surface area contributed by atoms with Gasteiger partial charge in [0.15, 0.2) is 0 Å². The minimum absolute atomic E-state index is 0.237. The Hall–Kier alpha value is -1.06. The van der Waals surface area contributed by atoms with E-state index in [0.29, 0.717) is 5.69 Å². The van der Waals surface area contributed by atoms with Gasteiger partial charge in [-0.25, -0.2) is 0 Å². The molecule has 84 valence electrons. The largest absolute Gasteiger partial charge is 0.416 e. The Morgan fingerprint density at radius 1 is 1.07 bits per heavy atom. The molecule has 4 heteroatoms. The lowest BCUT2D eigenvalue weighted by molar-refractivity contribution is -0.138. The molecule has 0 fully saturated rings. The van der Waals surface area contributed by atoms with Crippen molar-refractivity contribution in [1.29, 1.82) is 0 Å². The second kappa shape index (κ2) is 3.51. The lowest BCUT2D eigenvalue weighted by Gasteiger charge is -2.23. The molecule has 0 aliphatic carbocycles. The van der Waals surface area contributed by atoms with Gasteiger partial charge >= 0.3 is 6.18 Å². The quantitative estimate of drug-likeness (QED) is 0.645. The number of aryl methyl sites for hydroxylation is 1. The van der Waals surface area contributed by atoms with Crippen molar-refractivity contribution in [3.63, 3.8) is 0 Å². The molecular weight excluding hydrogens is 203 g/mol. The molecule has 0 bridgehead atoms. The van der Waals surface area contributed by atoms with E-state index in [0.717, 1.165) is 6.07 Å². The molecule has 0 aliphatic rings. The molecule has 0 amide bonds. The Morgan fingerprint density at radius 2 is 1.60 bits per heavy atom. The second-order valence-corrected chi connectivity index (χ2v) is 4.62.